The van der Waals surface area contributed by atoms with Gasteiger partial charge in [0.15, 0.2) is 0 Å². The summed E-state index contributed by atoms with van der Waals surface area (Å²) in [6.45, 7) is 7.70. The Labute approximate surface area is 101 Å². The molecule has 5 heteroatoms. The molecule has 0 bridgehead atoms. The highest BCUT2D eigenvalue weighted by atomic mass is 16.5. The fraction of sp³-hybridized carbons (Fsp3) is 0.833. The Bertz CT molecular complexity index is 344. The smallest absolute Gasteiger partial charge is 0.238 e. The third kappa shape index (κ3) is 1.87. The lowest BCUT2D eigenvalue weighted by Crippen LogP contribution is -2.66. The molecule has 0 atom stereocenters. The summed E-state index contributed by atoms with van der Waals surface area (Å²) in [7, 11) is 0. The first kappa shape index (κ1) is 12.5. The molecule has 2 aliphatic rings. The molecular formula is C12H20N2O3. The van der Waals surface area contributed by atoms with Crippen LogP contribution in [0.4, 0.5) is 0 Å². The molecule has 0 aliphatic carbocycles. The van der Waals surface area contributed by atoms with Gasteiger partial charge >= 0.3 is 0 Å². The van der Waals surface area contributed by atoms with Gasteiger partial charge in [-0.05, 0) is 40.5 Å². The zero-order valence-electron chi connectivity index (χ0n) is 10.9. The average Bonchev–Trinajstić information content (AvgIpc) is 2.12. The van der Waals surface area contributed by atoms with Crippen LogP contribution in [0.3, 0.4) is 0 Å². The Hall–Kier alpha value is -0.940. The second-order valence-electron chi connectivity index (χ2n) is 6.33. The number of piperidine rings is 1. The Kier molecular flexibility index (Phi) is 2.60. The molecular weight excluding hydrogens is 220 g/mol. The molecule has 0 aromatic carbocycles. The number of carbonyl (C=O) groups excluding carboxylic acids is 2. The van der Waals surface area contributed by atoms with Crippen molar-refractivity contribution in [3.63, 3.8) is 0 Å². The molecule has 0 saturated carbocycles. The van der Waals surface area contributed by atoms with Gasteiger partial charge in [-0.3, -0.25) is 14.5 Å². The van der Waals surface area contributed by atoms with Crippen LogP contribution in [0, 0.1) is 0 Å². The summed E-state index contributed by atoms with van der Waals surface area (Å²) in [4.78, 5) is 24.3. The summed E-state index contributed by atoms with van der Waals surface area (Å²) in [5.41, 5.74) is -0.856. The number of carbonyl (C=O) groups is 2. The third-order valence-electron chi connectivity index (χ3n) is 3.82. The van der Waals surface area contributed by atoms with Gasteiger partial charge in [-0.15, -0.1) is 0 Å². The van der Waals surface area contributed by atoms with Gasteiger partial charge in [-0.25, -0.2) is 0 Å². The second-order valence-corrected chi connectivity index (χ2v) is 6.33. The topological polar surface area (TPSA) is 60.9 Å². The van der Waals surface area contributed by atoms with E-state index in [1.165, 1.54) is 9.96 Å². The fourth-order valence-electron chi connectivity index (χ4n) is 3.16. The zero-order valence-corrected chi connectivity index (χ0v) is 10.9. The van der Waals surface area contributed by atoms with E-state index in [-0.39, 0.29) is 24.3 Å². The average molecular weight is 240 g/mol. The molecule has 2 rings (SSSR count). The van der Waals surface area contributed by atoms with E-state index in [4.69, 9.17) is 0 Å². The van der Waals surface area contributed by atoms with Crippen molar-refractivity contribution in [2.45, 2.75) is 64.1 Å². The predicted octanol–water partition coefficient (Wildman–Crippen LogP) is 1.16. The van der Waals surface area contributed by atoms with Gasteiger partial charge < -0.3 is 5.21 Å². The first-order valence-corrected chi connectivity index (χ1v) is 5.99. The Morgan fingerprint density at radius 3 is 1.82 bits per heavy atom. The number of imide groups is 1. The van der Waals surface area contributed by atoms with Crippen molar-refractivity contribution in [1.29, 1.82) is 0 Å². The van der Waals surface area contributed by atoms with Crippen molar-refractivity contribution in [2.24, 2.45) is 0 Å². The molecule has 17 heavy (non-hydrogen) atoms. The van der Waals surface area contributed by atoms with Crippen molar-refractivity contribution in [1.82, 2.24) is 9.96 Å². The Morgan fingerprint density at radius 1 is 1.06 bits per heavy atom. The van der Waals surface area contributed by atoms with E-state index in [0.717, 1.165) is 0 Å². The maximum absolute atomic E-state index is 11.5. The van der Waals surface area contributed by atoms with Crippen LogP contribution in [0.25, 0.3) is 0 Å². The molecule has 0 aromatic rings. The molecule has 2 amide bonds. The van der Waals surface area contributed by atoms with Crippen molar-refractivity contribution in [3.05, 3.63) is 0 Å². The van der Waals surface area contributed by atoms with Gasteiger partial charge in [0.25, 0.3) is 0 Å². The van der Waals surface area contributed by atoms with Crippen LogP contribution in [-0.4, -0.2) is 44.1 Å². The van der Waals surface area contributed by atoms with E-state index >= 15 is 0 Å². The zero-order chi connectivity index (χ0) is 13.0. The SMILES string of the molecule is CC1(C)CC(N2C(=O)CC2=O)CC(C)(C)N1O. The highest BCUT2D eigenvalue weighted by Crippen LogP contribution is 2.40. The first-order chi connectivity index (χ1) is 7.65. The van der Waals surface area contributed by atoms with Gasteiger partial charge in [0, 0.05) is 17.1 Å². The van der Waals surface area contributed by atoms with E-state index in [1.54, 1.807) is 0 Å². The van der Waals surface area contributed by atoms with Crippen LogP contribution in [-0.2, 0) is 9.59 Å². The fourth-order valence-corrected chi connectivity index (χ4v) is 3.16. The van der Waals surface area contributed by atoms with Crippen LogP contribution in [0.2, 0.25) is 0 Å². The first-order valence-electron chi connectivity index (χ1n) is 5.99. The third-order valence-corrected chi connectivity index (χ3v) is 3.82. The van der Waals surface area contributed by atoms with Gasteiger partial charge in [-0.1, -0.05) is 0 Å². The summed E-state index contributed by atoms with van der Waals surface area (Å²) < 4.78 is 0. The molecule has 2 fully saturated rings. The maximum atomic E-state index is 11.5. The van der Waals surface area contributed by atoms with Crippen LogP contribution >= 0.6 is 0 Å². The molecule has 1 N–H and O–H groups in total. The number of amides is 2. The summed E-state index contributed by atoms with van der Waals surface area (Å²) in [5, 5.41) is 11.5. The van der Waals surface area contributed by atoms with Crippen molar-refractivity contribution in [3.8, 4) is 0 Å². The van der Waals surface area contributed by atoms with Gasteiger partial charge in [0.1, 0.15) is 6.42 Å². The molecule has 2 heterocycles. The summed E-state index contributed by atoms with van der Waals surface area (Å²) in [5.74, 6) is -0.170. The molecule has 2 aliphatic heterocycles. The quantitative estimate of drug-likeness (QED) is 0.552. The van der Waals surface area contributed by atoms with Gasteiger partial charge in [0.2, 0.25) is 11.8 Å². The van der Waals surface area contributed by atoms with Crippen molar-refractivity contribution >= 4 is 11.8 Å². The molecule has 2 saturated heterocycles. The van der Waals surface area contributed by atoms with E-state index in [1.807, 2.05) is 27.7 Å². The maximum Gasteiger partial charge on any atom is 0.238 e. The second kappa shape index (κ2) is 3.53. The Morgan fingerprint density at radius 2 is 1.47 bits per heavy atom. The molecule has 0 unspecified atom stereocenters. The van der Waals surface area contributed by atoms with Crippen LogP contribution < -0.4 is 0 Å². The molecule has 0 aromatic heterocycles. The van der Waals surface area contributed by atoms with Crippen LogP contribution in [0.1, 0.15) is 47.0 Å². The number of β-lactam (4-membered cyclic amide) rings is 2. The monoisotopic (exact) mass is 240 g/mol. The largest absolute Gasteiger partial charge is 0.313 e. The van der Waals surface area contributed by atoms with Gasteiger partial charge in [-0.2, -0.15) is 5.06 Å². The van der Waals surface area contributed by atoms with E-state index in [9.17, 15) is 14.8 Å². The molecule has 0 radical (unpaired) electrons. The predicted molar refractivity (Wildman–Crippen MR) is 61.3 cm³/mol. The molecule has 96 valence electrons. The standard InChI is InChI=1S/C12H20N2O3/c1-11(2)6-8(7-12(3,4)14(11)17)13-9(15)5-10(13)16/h8,17H,5-7H2,1-4H3. The summed E-state index contributed by atoms with van der Waals surface area (Å²) >= 11 is 0. The number of likely N-dealkylation sites (tertiary alicyclic amines) is 1. The number of rotatable bonds is 1. The normalized spacial score (nSPS) is 29.4. The highest BCUT2D eigenvalue weighted by molar-refractivity contribution is 6.15. The number of hydrogen-bond donors (Lipinski definition) is 1. The lowest BCUT2D eigenvalue weighted by atomic mass is 9.77. The van der Waals surface area contributed by atoms with E-state index < -0.39 is 11.1 Å². The molecule has 0 spiro atoms. The van der Waals surface area contributed by atoms with Gasteiger partial charge in [0.05, 0.1) is 0 Å². The summed E-state index contributed by atoms with van der Waals surface area (Å²) in [6.07, 6.45) is 1.27. The minimum Gasteiger partial charge on any atom is -0.313 e. The molecule has 5 nitrogen and oxygen atoms in total. The minimum atomic E-state index is -0.428. The van der Waals surface area contributed by atoms with E-state index in [0.29, 0.717) is 12.8 Å². The van der Waals surface area contributed by atoms with E-state index in [2.05, 4.69) is 0 Å². The highest BCUT2D eigenvalue weighted by Gasteiger charge is 2.51. The lowest BCUT2D eigenvalue weighted by Gasteiger charge is -2.54. The van der Waals surface area contributed by atoms with Crippen molar-refractivity contribution in [2.75, 3.05) is 0 Å². The van der Waals surface area contributed by atoms with Crippen LogP contribution in [0.5, 0.6) is 0 Å². The van der Waals surface area contributed by atoms with Crippen LogP contribution in [0.15, 0.2) is 0 Å². The minimum absolute atomic E-state index is 0.0419. The van der Waals surface area contributed by atoms with Crippen molar-refractivity contribution < 1.29 is 14.8 Å². The number of hydrogen-bond acceptors (Lipinski definition) is 4. The lowest BCUT2D eigenvalue weighted by molar-refractivity contribution is -0.252. The number of nitrogens with zero attached hydrogens (tertiary/aromatic N) is 2. The summed E-state index contributed by atoms with van der Waals surface area (Å²) in [6, 6.07) is -0.0860. The number of hydroxylamine groups is 2. The Balaban J connectivity index is 2.22.